The molecule has 0 aliphatic heterocycles. The van der Waals surface area contributed by atoms with Crippen LogP contribution in [0.15, 0.2) is 12.2 Å². The summed E-state index contributed by atoms with van der Waals surface area (Å²) in [4.78, 5) is 50.0. The molecule has 4 bridgehead atoms. The molecule has 6 nitrogen and oxygen atoms in total. The topological polar surface area (TPSA) is 86.7 Å². The number of rotatable bonds is 5. The molecule has 7 unspecified atom stereocenters. The lowest BCUT2D eigenvalue weighted by Gasteiger charge is -2.33. The molecule has 7 atom stereocenters. The normalized spacial score (nSPS) is 41.5. The van der Waals surface area contributed by atoms with Gasteiger partial charge in [0, 0.05) is 23.7 Å². The van der Waals surface area contributed by atoms with Crippen LogP contribution in [0.4, 0.5) is 0 Å². The van der Waals surface area contributed by atoms with Crippen LogP contribution in [0.1, 0.15) is 45.4 Å². The first-order chi connectivity index (χ1) is 13.5. The average molecular weight is 386 g/mol. The summed E-state index contributed by atoms with van der Waals surface area (Å²) >= 11 is 0. The average Bonchev–Trinajstić information content (AvgIpc) is 3.48. The molecule has 0 saturated heterocycles. The van der Waals surface area contributed by atoms with Gasteiger partial charge < -0.3 is 9.47 Å². The van der Waals surface area contributed by atoms with Crippen molar-refractivity contribution in [2.75, 3.05) is 6.61 Å². The van der Waals surface area contributed by atoms with Gasteiger partial charge in [0.15, 0.2) is 6.61 Å². The molecule has 0 radical (unpaired) electrons. The lowest BCUT2D eigenvalue weighted by atomic mass is 9.69. The zero-order valence-electron chi connectivity index (χ0n) is 16.1. The van der Waals surface area contributed by atoms with Gasteiger partial charge in [-0.15, -0.1) is 0 Å². The molecule has 0 amide bonds. The van der Waals surface area contributed by atoms with E-state index in [0.29, 0.717) is 6.42 Å². The number of Topliss-reactive ketones (excluding diaryl/α,β-unsaturated/α-hetero) is 2. The lowest BCUT2D eigenvalue weighted by molar-refractivity contribution is -0.172. The Kier molecular flexibility index (Phi) is 4.04. The molecule has 4 saturated carbocycles. The number of fused-ring (bicyclic) bond motifs is 9. The largest absolute Gasteiger partial charge is 0.457 e. The fourth-order valence-electron chi connectivity index (χ4n) is 6.83. The van der Waals surface area contributed by atoms with E-state index in [9.17, 15) is 19.2 Å². The van der Waals surface area contributed by atoms with Crippen molar-refractivity contribution in [3.8, 4) is 0 Å². The summed E-state index contributed by atoms with van der Waals surface area (Å²) in [5.41, 5.74) is -0.408. The highest BCUT2D eigenvalue weighted by molar-refractivity contribution is 6.01. The lowest BCUT2D eigenvalue weighted by Crippen LogP contribution is -2.37. The Bertz CT molecular complexity index is 776. The maximum absolute atomic E-state index is 12.7. The monoisotopic (exact) mass is 386 g/mol. The molecule has 6 heteroatoms. The van der Waals surface area contributed by atoms with Crippen molar-refractivity contribution in [2.45, 2.75) is 51.0 Å². The molecule has 0 aromatic carbocycles. The Hall–Kier alpha value is -1.98. The van der Waals surface area contributed by atoms with Crippen LogP contribution in [0.3, 0.4) is 0 Å². The minimum absolute atomic E-state index is 0.0555. The summed E-state index contributed by atoms with van der Waals surface area (Å²) in [6, 6.07) is 0. The van der Waals surface area contributed by atoms with E-state index in [1.165, 1.54) is 0 Å². The first kappa shape index (κ1) is 18.1. The Labute approximate surface area is 164 Å². The van der Waals surface area contributed by atoms with Crippen LogP contribution in [0.25, 0.3) is 0 Å². The second kappa shape index (κ2) is 6.26. The van der Waals surface area contributed by atoms with Crippen molar-refractivity contribution in [2.24, 2.45) is 41.4 Å². The van der Waals surface area contributed by atoms with Crippen molar-refractivity contribution in [1.82, 2.24) is 0 Å². The van der Waals surface area contributed by atoms with Crippen LogP contribution < -0.4 is 0 Å². The molecule has 0 aromatic rings. The predicted molar refractivity (Wildman–Crippen MR) is 96.7 cm³/mol. The van der Waals surface area contributed by atoms with Gasteiger partial charge in [0.1, 0.15) is 17.2 Å². The van der Waals surface area contributed by atoms with Crippen LogP contribution in [0.5, 0.6) is 0 Å². The molecular formula is C22H26O6. The summed E-state index contributed by atoms with van der Waals surface area (Å²) in [6.07, 6.45) is 8.88. The van der Waals surface area contributed by atoms with E-state index in [0.717, 1.165) is 32.1 Å². The molecule has 0 heterocycles. The zero-order chi connectivity index (χ0) is 19.6. The Balaban J connectivity index is 1.22. The number of esters is 2. The van der Waals surface area contributed by atoms with E-state index in [1.807, 2.05) is 19.1 Å². The van der Waals surface area contributed by atoms with Crippen LogP contribution in [0.2, 0.25) is 0 Å². The van der Waals surface area contributed by atoms with E-state index in [4.69, 9.17) is 9.47 Å². The van der Waals surface area contributed by atoms with Gasteiger partial charge in [-0.25, -0.2) is 4.79 Å². The number of ketones is 2. The van der Waals surface area contributed by atoms with Crippen LogP contribution >= 0.6 is 0 Å². The summed E-state index contributed by atoms with van der Waals surface area (Å²) in [6.45, 7) is 1.61. The third kappa shape index (κ3) is 2.39. The van der Waals surface area contributed by atoms with E-state index in [-0.39, 0.29) is 41.2 Å². The first-order valence-electron chi connectivity index (χ1n) is 10.6. The highest BCUT2D eigenvalue weighted by Crippen LogP contribution is 2.64. The second-order valence-corrected chi connectivity index (χ2v) is 9.20. The number of carbonyl (C=O) groups excluding carboxylic acids is 4. The SMILES string of the molecule is CCC1(OC(=O)COC(=O)C2CC3C(=O)C2C2C4C=CC(C4=O)C32)CCCC1. The van der Waals surface area contributed by atoms with Crippen molar-refractivity contribution < 1.29 is 28.7 Å². The number of carbonyl (C=O) groups is 4. The number of hydrogen-bond donors (Lipinski definition) is 0. The van der Waals surface area contributed by atoms with Crippen molar-refractivity contribution in [1.29, 1.82) is 0 Å². The molecule has 150 valence electrons. The van der Waals surface area contributed by atoms with E-state index >= 15 is 0 Å². The maximum Gasteiger partial charge on any atom is 0.344 e. The molecule has 0 N–H and O–H groups in total. The smallest absolute Gasteiger partial charge is 0.344 e. The van der Waals surface area contributed by atoms with Gasteiger partial charge in [-0.05, 0) is 50.4 Å². The summed E-state index contributed by atoms with van der Waals surface area (Å²) in [7, 11) is 0. The fourth-order valence-corrected chi connectivity index (χ4v) is 6.83. The van der Waals surface area contributed by atoms with Crippen molar-refractivity contribution in [3.63, 3.8) is 0 Å². The van der Waals surface area contributed by atoms with Gasteiger partial charge in [-0.2, -0.15) is 0 Å². The molecule has 5 aliphatic carbocycles. The fraction of sp³-hybridized carbons (Fsp3) is 0.727. The molecule has 4 fully saturated rings. The van der Waals surface area contributed by atoms with E-state index in [1.54, 1.807) is 0 Å². The molecular weight excluding hydrogens is 360 g/mol. The van der Waals surface area contributed by atoms with Crippen LogP contribution in [0, 0.1) is 41.4 Å². The van der Waals surface area contributed by atoms with Crippen molar-refractivity contribution in [3.05, 3.63) is 12.2 Å². The third-order valence-electron chi connectivity index (χ3n) is 8.10. The second-order valence-electron chi connectivity index (χ2n) is 9.20. The molecule has 0 spiro atoms. The molecule has 5 rings (SSSR count). The standard InChI is InChI=1S/C22H26O6/c1-2-22(7-3-4-8-22)28-15(23)10-27-21(26)14-9-13-16-11-5-6-12(19(11)24)17(16)18(14)20(13)25/h5-6,11-14,16-18H,2-4,7-10H2,1H3. The molecule has 28 heavy (non-hydrogen) atoms. The Morgan fingerprint density at radius 3 is 2.43 bits per heavy atom. The summed E-state index contributed by atoms with van der Waals surface area (Å²) in [5.74, 6) is -2.21. The van der Waals surface area contributed by atoms with E-state index < -0.39 is 36.0 Å². The van der Waals surface area contributed by atoms with Gasteiger partial charge in [-0.3, -0.25) is 14.4 Å². The summed E-state index contributed by atoms with van der Waals surface area (Å²) in [5, 5.41) is 0. The number of allylic oxidation sites excluding steroid dienone is 2. The first-order valence-corrected chi connectivity index (χ1v) is 10.6. The predicted octanol–water partition coefficient (Wildman–Crippen LogP) is 2.25. The zero-order valence-corrected chi connectivity index (χ0v) is 16.1. The van der Waals surface area contributed by atoms with Gasteiger partial charge in [0.05, 0.1) is 5.92 Å². The quantitative estimate of drug-likeness (QED) is 0.409. The Morgan fingerprint density at radius 1 is 1.07 bits per heavy atom. The Morgan fingerprint density at radius 2 is 1.75 bits per heavy atom. The van der Waals surface area contributed by atoms with Gasteiger partial charge in [0.25, 0.3) is 0 Å². The van der Waals surface area contributed by atoms with Gasteiger partial charge >= 0.3 is 11.9 Å². The van der Waals surface area contributed by atoms with Gasteiger partial charge in [0.2, 0.25) is 0 Å². The molecule has 0 aromatic heterocycles. The minimum atomic E-state index is -0.529. The third-order valence-corrected chi connectivity index (χ3v) is 8.10. The number of ether oxygens (including phenoxy) is 2. The molecule has 5 aliphatic rings. The van der Waals surface area contributed by atoms with Crippen LogP contribution in [-0.2, 0) is 28.7 Å². The highest BCUT2D eigenvalue weighted by atomic mass is 16.6. The van der Waals surface area contributed by atoms with Crippen LogP contribution in [-0.4, -0.2) is 35.7 Å². The minimum Gasteiger partial charge on any atom is -0.457 e. The summed E-state index contributed by atoms with van der Waals surface area (Å²) < 4.78 is 10.9. The van der Waals surface area contributed by atoms with Gasteiger partial charge in [-0.1, -0.05) is 19.1 Å². The highest BCUT2D eigenvalue weighted by Gasteiger charge is 2.69. The number of hydrogen-bond acceptors (Lipinski definition) is 6. The van der Waals surface area contributed by atoms with Crippen molar-refractivity contribution >= 4 is 23.5 Å². The van der Waals surface area contributed by atoms with E-state index in [2.05, 4.69) is 0 Å². The maximum atomic E-state index is 12.7.